The van der Waals surface area contributed by atoms with Crippen molar-refractivity contribution in [1.82, 2.24) is 25.3 Å². The summed E-state index contributed by atoms with van der Waals surface area (Å²) in [4.78, 5) is 28.7. The predicted octanol–water partition coefficient (Wildman–Crippen LogP) is 0.0665. The van der Waals surface area contributed by atoms with Crippen molar-refractivity contribution in [2.24, 2.45) is 5.41 Å². The summed E-state index contributed by atoms with van der Waals surface area (Å²) >= 11 is 0. The molecule has 2 fully saturated rings. The quantitative estimate of drug-likeness (QED) is 0.700. The predicted molar refractivity (Wildman–Crippen MR) is 90.2 cm³/mol. The van der Waals surface area contributed by atoms with Crippen LogP contribution in [0.25, 0.3) is 0 Å². The third-order valence-corrected chi connectivity index (χ3v) is 6.05. The number of likely N-dealkylation sites (N-methyl/N-ethyl adjacent to an activating group) is 1. The summed E-state index contributed by atoms with van der Waals surface area (Å²) in [5, 5.41) is 20.2. The highest BCUT2D eigenvalue weighted by atomic mass is 16.4. The number of carboxylic acids is 1. The van der Waals surface area contributed by atoms with Gasteiger partial charge in [0.15, 0.2) is 5.69 Å². The Morgan fingerprint density at radius 2 is 2.08 bits per heavy atom. The molecule has 4 rings (SSSR count). The van der Waals surface area contributed by atoms with Crippen LogP contribution in [0, 0.1) is 5.41 Å². The lowest BCUT2D eigenvalue weighted by Crippen LogP contribution is -2.42. The zero-order valence-corrected chi connectivity index (χ0v) is 14.5. The number of aromatic nitrogens is 2. The summed E-state index contributed by atoms with van der Waals surface area (Å²) in [5.74, 6) is -1.15. The number of rotatable bonds is 2. The number of H-pyrrole nitrogens is 1. The minimum absolute atomic E-state index is 0.0723. The van der Waals surface area contributed by atoms with Gasteiger partial charge in [-0.3, -0.25) is 9.89 Å². The first-order valence-corrected chi connectivity index (χ1v) is 8.98. The molecule has 136 valence electrons. The minimum Gasteiger partial charge on any atom is -0.480 e. The Bertz CT molecular complexity index is 694. The van der Waals surface area contributed by atoms with Gasteiger partial charge in [0.2, 0.25) is 0 Å². The van der Waals surface area contributed by atoms with E-state index in [0.29, 0.717) is 25.2 Å². The molecular formula is C17H25N5O3. The van der Waals surface area contributed by atoms with Gasteiger partial charge in [-0.1, -0.05) is 0 Å². The number of carbonyl (C=O) groups excluding carboxylic acids is 1. The first-order valence-electron chi connectivity index (χ1n) is 8.98. The maximum Gasteiger partial charge on any atom is 0.326 e. The molecule has 0 aromatic carbocycles. The van der Waals surface area contributed by atoms with Crippen molar-refractivity contribution in [1.29, 1.82) is 0 Å². The van der Waals surface area contributed by atoms with Gasteiger partial charge in [-0.05, 0) is 44.8 Å². The van der Waals surface area contributed by atoms with Crippen LogP contribution >= 0.6 is 0 Å². The number of aliphatic carboxylic acids is 1. The molecule has 1 spiro atoms. The average molecular weight is 347 g/mol. The molecule has 0 unspecified atom stereocenters. The number of nitrogens with one attached hydrogen (secondary N) is 2. The summed E-state index contributed by atoms with van der Waals surface area (Å²) in [6, 6.07) is -0.751. The molecule has 25 heavy (non-hydrogen) atoms. The molecule has 8 heteroatoms. The molecule has 0 saturated carbocycles. The molecule has 0 bridgehead atoms. The molecule has 1 aromatic rings. The van der Waals surface area contributed by atoms with Crippen LogP contribution in [0.4, 0.5) is 0 Å². The van der Waals surface area contributed by atoms with E-state index in [1.54, 1.807) is 4.90 Å². The topological polar surface area (TPSA) is 102 Å². The molecule has 2 saturated heterocycles. The highest BCUT2D eigenvalue weighted by molar-refractivity contribution is 5.97. The number of hydrogen-bond acceptors (Lipinski definition) is 5. The van der Waals surface area contributed by atoms with Crippen molar-refractivity contribution in [3.8, 4) is 0 Å². The number of nitrogens with zero attached hydrogens (tertiary/aromatic N) is 3. The first-order chi connectivity index (χ1) is 12.0. The fraction of sp³-hybridized carbons (Fsp3) is 0.706. The van der Waals surface area contributed by atoms with E-state index in [-0.39, 0.29) is 11.3 Å². The van der Waals surface area contributed by atoms with Crippen LogP contribution in [0.5, 0.6) is 0 Å². The van der Waals surface area contributed by atoms with Crippen LogP contribution in [-0.2, 0) is 17.8 Å². The van der Waals surface area contributed by atoms with Gasteiger partial charge >= 0.3 is 5.97 Å². The van der Waals surface area contributed by atoms with E-state index in [2.05, 4.69) is 20.4 Å². The van der Waals surface area contributed by atoms with Gasteiger partial charge in [-0.15, -0.1) is 0 Å². The van der Waals surface area contributed by atoms with Crippen LogP contribution in [0.2, 0.25) is 0 Å². The second-order valence-corrected chi connectivity index (χ2v) is 7.76. The Morgan fingerprint density at radius 1 is 1.32 bits per heavy atom. The summed E-state index contributed by atoms with van der Waals surface area (Å²) in [6.45, 7) is 3.89. The van der Waals surface area contributed by atoms with E-state index >= 15 is 0 Å². The Balaban J connectivity index is 1.62. The molecule has 0 aliphatic carbocycles. The largest absolute Gasteiger partial charge is 0.480 e. The standard InChI is InChI=1S/C17H25N5O3/c1-21-7-2-12-11(9-21)14(20-19-12)15(23)22-10-17(3-5-18-6-4-17)8-13(22)16(24)25/h13,18H,2-10H2,1H3,(H,19,20)(H,24,25)/t13-/m1/s1. The molecule has 1 amide bonds. The Labute approximate surface area is 146 Å². The lowest BCUT2D eigenvalue weighted by Gasteiger charge is -2.33. The Kier molecular flexibility index (Phi) is 4.04. The van der Waals surface area contributed by atoms with Gasteiger partial charge in [-0.25, -0.2) is 4.79 Å². The fourth-order valence-electron chi connectivity index (χ4n) is 4.55. The van der Waals surface area contributed by atoms with E-state index in [0.717, 1.165) is 50.2 Å². The zero-order chi connectivity index (χ0) is 17.6. The summed E-state index contributed by atoms with van der Waals surface area (Å²) in [6.07, 6.45) is 3.22. The number of aromatic amines is 1. The summed E-state index contributed by atoms with van der Waals surface area (Å²) in [5.41, 5.74) is 2.26. The third kappa shape index (κ3) is 2.83. The second-order valence-electron chi connectivity index (χ2n) is 7.76. The van der Waals surface area contributed by atoms with Crippen molar-refractivity contribution in [3.63, 3.8) is 0 Å². The monoisotopic (exact) mass is 347 g/mol. The highest BCUT2D eigenvalue weighted by Gasteiger charge is 2.49. The van der Waals surface area contributed by atoms with Gasteiger partial charge in [-0.2, -0.15) is 5.10 Å². The van der Waals surface area contributed by atoms with Crippen LogP contribution in [0.1, 0.15) is 41.0 Å². The smallest absolute Gasteiger partial charge is 0.326 e. The van der Waals surface area contributed by atoms with Gasteiger partial charge in [0.05, 0.1) is 0 Å². The van der Waals surface area contributed by atoms with Gasteiger partial charge in [0.1, 0.15) is 6.04 Å². The molecule has 3 aliphatic rings. The second kappa shape index (κ2) is 6.10. The SMILES string of the molecule is CN1CCc2[nH]nc(C(=O)N3CC4(CCNCC4)C[C@@H]3C(=O)O)c2C1. The van der Waals surface area contributed by atoms with Crippen molar-refractivity contribution in [2.45, 2.75) is 38.3 Å². The molecular weight excluding hydrogens is 322 g/mol. The number of piperidine rings is 1. The Morgan fingerprint density at radius 3 is 2.80 bits per heavy atom. The molecule has 3 N–H and O–H groups in total. The molecule has 4 heterocycles. The summed E-state index contributed by atoms with van der Waals surface area (Å²) in [7, 11) is 2.02. The van der Waals surface area contributed by atoms with Gasteiger partial charge in [0, 0.05) is 37.3 Å². The third-order valence-electron chi connectivity index (χ3n) is 6.05. The van der Waals surface area contributed by atoms with Crippen LogP contribution in [0.3, 0.4) is 0 Å². The minimum atomic E-state index is -0.912. The number of amides is 1. The average Bonchev–Trinajstić information content (AvgIpc) is 3.17. The van der Waals surface area contributed by atoms with E-state index in [1.807, 2.05) is 7.05 Å². The number of hydrogen-bond donors (Lipinski definition) is 3. The van der Waals surface area contributed by atoms with Crippen LogP contribution in [-0.4, -0.2) is 76.2 Å². The normalized spacial score (nSPS) is 26.0. The molecule has 0 radical (unpaired) electrons. The first kappa shape index (κ1) is 16.5. The van der Waals surface area contributed by atoms with Crippen molar-refractivity contribution in [2.75, 3.05) is 33.2 Å². The van der Waals surface area contributed by atoms with Gasteiger partial charge in [0.25, 0.3) is 5.91 Å². The number of carbonyl (C=O) groups is 2. The van der Waals surface area contributed by atoms with Crippen LogP contribution in [0.15, 0.2) is 0 Å². The molecule has 1 aromatic heterocycles. The molecule has 3 aliphatic heterocycles. The zero-order valence-electron chi connectivity index (χ0n) is 14.5. The number of carboxylic acid groups (broad SMARTS) is 1. The van der Waals surface area contributed by atoms with Crippen molar-refractivity contribution >= 4 is 11.9 Å². The highest BCUT2D eigenvalue weighted by Crippen LogP contribution is 2.42. The lowest BCUT2D eigenvalue weighted by molar-refractivity contribution is -0.141. The fourth-order valence-corrected chi connectivity index (χ4v) is 4.55. The van der Waals surface area contributed by atoms with E-state index in [4.69, 9.17) is 0 Å². The van der Waals surface area contributed by atoms with E-state index < -0.39 is 12.0 Å². The number of fused-ring (bicyclic) bond motifs is 1. The lowest BCUT2D eigenvalue weighted by atomic mass is 9.77. The number of likely N-dealkylation sites (tertiary alicyclic amines) is 1. The maximum absolute atomic E-state index is 13.2. The summed E-state index contributed by atoms with van der Waals surface area (Å²) < 4.78 is 0. The molecule has 1 atom stereocenters. The van der Waals surface area contributed by atoms with E-state index in [1.165, 1.54) is 0 Å². The Hall–Kier alpha value is -1.93. The maximum atomic E-state index is 13.2. The van der Waals surface area contributed by atoms with E-state index in [9.17, 15) is 14.7 Å². The molecule has 8 nitrogen and oxygen atoms in total. The van der Waals surface area contributed by atoms with Gasteiger partial charge < -0.3 is 20.2 Å². The van der Waals surface area contributed by atoms with Crippen LogP contribution < -0.4 is 5.32 Å². The van der Waals surface area contributed by atoms with Crippen molar-refractivity contribution in [3.05, 3.63) is 17.0 Å². The van der Waals surface area contributed by atoms with Crippen molar-refractivity contribution < 1.29 is 14.7 Å².